The quantitative estimate of drug-likeness (QED) is 0.206. The normalized spacial score (nSPS) is 18.4. The Morgan fingerprint density at radius 1 is 1.05 bits per heavy atom. The first kappa shape index (κ1) is 29.2. The van der Waals surface area contributed by atoms with Crippen LogP contribution in [0.25, 0.3) is 0 Å². The molecule has 0 aromatic heterocycles. The van der Waals surface area contributed by atoms with E-state index in [1.807, 2.05) is 12.1 Å². The van der Waals surface area contributed by atoms with E-state index in [0.717, 1.165) is 42.9 Å². The number of allylic oxidation sites excluding steroid dienone is 3. The van der Waals surface area contributed by atoms with Gasteiger partial charge in [0.15, 0.2) is 0 Å². The van der Waals surface area contributed by atoms with Crippen LogP contribution in [-0.4, -0.2) is 41.3 Å². The number of nitrogens with zero attached hydrogens (tertiary/aromatic N) is 1. The Labute approximate surface area is 247 Å². The number of para-hydroxylation sites is 1. The summed E-state index contributed by atoms with van der Waals surface area (Å²) in [6.07, 6.45) is 6.61. The monoisotopic (exact) mass is 569 g/mol. The second-order valence-corrected chi connectivity index (χ2v) is 11.1. The number of halogens is 1. The van der Waals surface area contributed by atoms with Gasteiger partial charge in [-0.1, -0.05) is 42.8 Å². The summed E-state index contributed by atoms with van der Waals surface area (Å²) in [5.41, 5.74) is 7.31. The van der Waals surface area contributed by atoms with Crippen molar-refractivity contribution in [3.63, 3.8) is 0 Å². The fraction of sp³-hybridized carbons (Fsp3) is 0.343. The molecule has 3 aromatic carbocycles. The van der Waals surface area contributed by atoms with E-state index in [-0.39, 0.29) is 11.6 Å². The molecule has 2 fully saturated rings. The number of aromatic carboxylic acids is 1. The van der Waals surface area contributed by atoms with E-state index in [1.54, 1.807) is 12.1 Å². The Kier molecular flexibility index (Phi) is 9.47. The number of likely N-dealkylation sites (tertiary alicyclic amines) is 1. The molecule has 1 aliphatic heterocycles. The van der Waals surface area contributed by atoms with Gasteiger partial charge < -0.3 is 25.4 Å². The zero-order valence-electron chi connectivity index (χ0n) is 24.4. The average molecular weight is 570 g/mol. The Hall–Kier alpha value is -4.26. The van der Waals surface area contributed by atoms with Crippen LogP contribution < -0.4 is 15.4 Å². The van der Waals surface area contributed by atoms with Crippen LogP contribution in [-0.2, 0) is 6.42 Å². The summed E-state index contributed by atoms with van der Waals surface area (Å²) in [5.74, 6) is 0.570. The lowest BCUT2D eigenvalue weighted by molar-refractivity contribution is 0.0697. The fourth-order valence-electron chi connectivity index (χ4n) is 5.56. The van der Waals surface area contributed by atoms with Crippen LogP contribution in [0.2, 0.25) is 0 Å². The maximum atomic E-state index is 14.8. The minimum atomic E-state index is -0.971. The number of carboxylic acids is 1. The van der Waals surface area contributed by atoms with E-state index in [9.17, 15) is 9.18 Å². The van der Waals surface area contributed by atoms with Crippen LogP contribution >= 0.6 is 0 Å². The van der Waals surface area contributed by atoms with Crippen molar-refractivity contribution < 1.29 is 19.0 Å². The van der Waals surface area contributed by atoms with E-state index in [1.165, 1.54) is 41.0 Å². The Bertz CT molecular complexity index is 1430. The summed E-state index contributed by atoms with van der Waals surface area (Å²) < 4.78 is 20.8. The number of carbonyl (C=O) groups is 1. The summed E-state index contributed by atoms with van der Waals surface area (Å²) in [6.45, 7) is 4.94. The van der Waals surface area contributed by atoms with Crippen molar-refractivity contribution in [3.05, 3.63) is 113 Å². The molecule has 42 heavy (non-hydrogen) atoms. The molecular formula is C35H40FN3O3. The third-order valence-electron chi connectivity index (χ3n) is 8.05. The predicted octanol–water partition coefficient (Wildman–Crippen LogP) is 7.94. The van der Waals surface area contributed by atoms with Gasteiger partial charge >= 0.3 is 5.97 Å². The van der Waals surface area contributed by atoms with Crippen LogP contribution in [0.15, 0.2) is 96.0 Å². The van der Waals surface area contributed by atoms with Gasteiger partial charge in [-0.25, -0.2) is 9.18 Å². The molecule has 2 aliphatic rings. The molecule has 6 nitrogen and oxygen atoms in total. The molecular weight excluding hydrogens is 529 g/mol. The topological polar surface area (TPSA) is 73.8 Å². The van der Waals surface area contributed by atoms with Crippen LogP contribution in [0.1, 0.15) is 60.5 Å². The van der Waals surface area contributed by atoms with Crippen molar-refractivity contribution in [3.8, 4) is 5.75 Å². The van der Waals surface area contributed by atoms with Crippen molar-refractivity contribution in [1.82, 2.24) is 4.90 Å². The van der Waals surface area contributed by atoms with E-state index < -0.39 is 12.1 Å². The first-order valence-corrected chi connectivity index (χ1v) is 14.9. The molecule has 220 valence electrons. The smallest absolute Gasteiger partial charge is 0.335 e. The lowest BCUT2D eigenvalue weighted by Crippen LogP contribution is -2.36. The van der Waals surface area contributed by atoms with E-state index in [4.69, 9.17) is 9.84 Å². The molecule has 0 bridgehead atoms. The van der Waals surface area contributed by atoms with Gasteiger partial charge in [-0.15, -0.1) is 0 Å². The maximum absolute atomic E-state index is 14.8. The highest BCUT2D eigenvalue weighted by Gasteiger charge is 2.35. The van der Waals surface area contributed by atoms with Crippen LogP contribution in [0.4, 0.5) is 15.8 Å². The Morgan fingerprint density at radius 3 is 2.43 bits per heavy atom. The first-order valence-electron chi connectivity index (χ1n) is 14.9. The maximum Gasteiger partial charge on any atom is 0.335 e. The summed E-state index contributed by atoms with van der Waals surface area (Å²) in [5, 5.41) is 16.2. The van der Waals surface area contributed by atoms with Crippen molar-refractivity contribution in [1.29, 1.82) is 0 Å². The highest BCUT2D eigenvalue weighted by atomic mass is 19.1. The number of hydrogen-bond donors (Lipinski definition) is 3. The highest BCUT2D eigenvalue weighted by Crippen LogP contribution is 2.36. The van der Waals surface area contributed by atoms with Gasteiger partial charge in [0.25, 0.3) is 0 Å². The van der Waals surface area contributed by atoms with E-state index in [2.05, 4.69) is 71.9 Å². The molecule has 3 N–H and O–H groups in total. The van der Waals surface area contributed by atoms with Crippen molar-refractivity contribution in [2.45, 2.75) is 64.6 Å². The van der Waals surface area contributed by atoms with E-state index in [0.29, 0.717) is 25.3 Å². The molecule has 2 atom stereocenters. The molecule has 1 heterocycles. The van der Waals surface area contributed by atoms with Gasteiger partial charge in [0, 0.05) is 36.5 Å². The average Bonchev–Trinajstić information content (AvgIpc) is 3.33. The Morgan fingerprint density at radius 2 is 1.79 bits per heavy atom. The second kappa shape index (κ2) is 13.6. The lowest BCUT2D eigenvalue weighted by atomic mass is 9.88. The Balaban J connectivity index is 1.25. The molecule has 7 heteroatoms. The zero-order valence-corrected chi connectivity index (χ0v) is 24.4. The largest absolute Gasteiger partial charge is 0.491 e. The highest BCUT2D eigenvalue weighted by molar-refractivity contribution is 5.87. The predicted molar refractivity (Wildman–Crippen MR) is 167 cm³/mol. The minimum absolute atomic E-state index is 0.0718. The number of nitrogens with one attached hydrogen (secondary N) is 2. The number of benzene rings is 3. The molecule has 0 spiro atoms. The van der Waals surface area contributed by atoms with Crippen LogP contribution in [0.3, 0.4) is 0 Å². The summed E-state index contributed by atoms with van der Waals surface area (Å²) in [4.78, 5) is 13.4. The molecule has 1 aliphatic carbocycles. The van der Waals surface area contributed by atoms with Gasteiger partial charge in [0.05, 0.1) is 11.6 Å². The number of ether oxygens (including phenoxy) is 1. The number of hydrogen-bond acceptors (Lipinski definition) is 5. The second-order valence-electron chi connectivity index (χ2n) is 11.1. The molecule has 0 radical (unpaired) electrons. The standard InChI is InChI=1S/C35H40FN3O3/c1-3-7-34(38-32-11-5-4-8-24(32)2)37-29-16-12-25(13-17-29)20-33(26-9-6-10-26)39-22-28(36)21-30(39)23-42-31-18-14-27(15-19-31)35(40)41/h4-5,7-8,11-19,28,30,37-38H,3,6,9-10,20-23H2,1-2H3,(H,40,41)/b34-7-. The molecule has 1 saturated carbocycles. The van der Waals surface area contributed by atoms with Crippen molar-refractivity contribution in [2.75, 3.05) is 23.8 Å². The van der Waals surface area contributed by atoms with Crippen LogP contribution in [0.5, 0.6) is 5.75 Å². The fourth-order valence-corrected chi connectivity index (χ4v) is 5.56. The summed E-state index contributed by atoms with van der Waals surface area (Å²) in [7, 11) is 0. The number of carboxylic acid groups (broad SMARTS) is 1. The minimum Gasteiger partial charge on any atom is -0.491 e. The first-order chi connectivity index (χ1) is 20.4. The summed E-state index contributed by atoms with van der Waals surface area (Å²) in [6, 6.07) is 23.1. The van der Waals surface area contributed by atoms with E-state index >= 15 is 0 Å². The number of anilines is 2. The third-order valence-corrected chi connectivity index (χ3v) is 8.05. The lowest BCUT2D eigenvalue weighted by Gasteiger charge is -2.34. The number of rotatable bonds is 12. The molecule has 5 rings (SSSR count). The van der Waals surface area contributed by atoms with Gasteiger partial charge in [-0.3, -0.25) is 0 Å². The number of aryl methyl sites for hydroxylation is 1. The van der Waals surface area contributed by atoms with Gasteiger partial charge in [-0.2, -0.15) is 0 Å². The summed E-state index contributed by atoms with van der Waals surface area (Å²) >= 11 is 0. The SMILES string of the molecule is CC/C=C(/Nc1ccc(CC(=C2CCC2)N2CC(F)CC2COc2ccc(C(=O)O)cc2)cc1)Nc1ccccc1C. The van der Waals surface area contributed by atoms with Crippen molar-refractivity contribution in [2.24, 2.45) is 0 Å². The zero-order chi connectivity index (χ0) is 29.5. The molecule has 3 aromatic rings. The third kappa shape index (κ3) is 7.32. The molecule has 2 unspecified atom stereocenters. The van der Waals surface area contributed by atoms with Gasteiger partial charge in [0.2, 0.25) is 0 Å². The molecule has 1 saturated heterocycles. The van der Waals surface area contributed by atoms with Gasteiger partial charge in [-0.05, 0) is 92.3 Å². The van der Waals surface area contributed by atoms with Crippen LogP contribution in [0, 0.1) is 6.92 Å². The number of alkyl halides is 1. The molecule has 0 amide bonds. The van der Waals surface area contributed by atoms with Gasteiger partial charge in [0.1, 0.15) is 24.3 Å². The van der Waals surface area contributed by atoms with Crippen molar-refractivity contribution >= 4 is 17.3 Å².